The van der Waals surface area contributed by atoms with Crippen LogP contribution in [0.4, 0.5) is 23.4 Å². The lowest BCUT2D eigenvalue weighted by Crippen LogP contribution is -2.37. The monoisotopic (exact) mass is 391 g/mol. The molecule has 5 nitrogen and oxygen atoms in total. The van der Waals surface area contributed by atoms with E-state index in [1.807, 2.05) is 11.0 Å². The van der Waals surface area contributed by atoms with Gasteiger partial charge in [-0.05, 0) is 55.3 Å². The van der Waals surface area contributed by atoms with Gasteiger partial charge in [-0.3, -0.25) is 4.68 Å². The molecule has 1 aliphatic rings. The van der Waals surface area contributed by atoms with Crippen molar-refractivity contribution in [2.75, 3.05) is 18.0 Å². The first-order valence-electron chi connectivity index (χ1n) is 8.87. The topological polar surface area (TPSA) is 46.8 Å². The predicted octanol–water partition coefficient (Wildman–Crippen LogP) is 4.34. The summed E-state index contributed by atoms with van der Waals surface area (Å²) in [6.07, 6.45) is -1.51. The Morgan fingerprint density at radius 3 is 2.39 bits per heavy atom. The largest absolute Gasteiger partial charge is 0.435 e. The third-order valence-electron chi connectivity index (χ3n) is 4.78. The Morgan fingerprint density at radius 1 is 0.964 bits per heavy atom. The molecule has 0 bridgehead atoms. The first-order valence-corrected chi connectivity index (χ1v) is 8.87. The summed E-state index contributed by atoms with van der Waals surface area (Å²) in [4.78, 5) is 1.99. The molecule has 28 heavy (non-hydrogen) atoms. The minimum atomic E-state index is -4.44. The standard InChI is InChI=1S/C19H17F4N5/c20-14-5-3-13(4-6-14)16-7-8-18(25-24-16)27-10-1-2-15(12-27)28-11-9-17(26-28)19(21,22)23/h3-9,11,15H,1-2,10,12H2. The lowest BCUT2D eigenvalue weighted by molar-refractivity contribution is -0.141. The molecule has 0 N–H and O–H groups in total. The van der Waals surface area contributed by atoms with Gasteiger partial charge in [0, 0.05) is 24.8 Å². The number of nitrogens with zero attached hydrogens (tertiary/aromatic N) is 5. The van der Waals surface area contributed by atoms with Gasteiger partial charge in [-0.2, -0.15) is 18.3 Å². The average Bonchev–Trinajstić information content (AvgIpc) is 3.20. The Bertz CT molecular complexity index is 934. The Hall–Kier alpha value is -2.97. The van der Waals surface area contributed by atoms with E-state index in [0.717, 1.165) is 31.0 Å². The van der Waals surface area contributed by atoms with Crippen molar-refractivity contribution in [3.8, 4) is 11.3 Å². The van der Waals surface area contributed by atoms with Crippen LogP contribution in [0.2, 0.25) is 0 Å². The van der Waals surface area contributed by atoms with Gasteiger partial charge in [0.05, 0.1) is 11.7 Å². The van der Waals surface area contributed by atoms with Crippen molar-refractivity contribution in [2.45, 2.75) is 25.1 Å². The van der Waals surface area contributed by atoms with Gasteiger partial charge >= 0.3 is 6.18 Å². The molecule has 1 unspecified atom stereocenters. The number of aromatic nitrogens is 4. The zero-order valence-corrected chi connectivity index (χ0v) is 14.8. The molecule has 0 saturated carbocycles. The predicted molar refractivity (Wildman–Crippen MR) is 95.1 cm³/mol. The summed E-state index contributed by atoms with van der Waals surface area (Å²) in [7, 11) is 0. The van der Waals surface area contributed by atoms with Gasteiger partial charge in [-0.25, -0.2) is 4.39 Å². The molecule has 0 aliphatic carbocycles. The number of piperidine rings is 1. The summed E-state index contributed by atoms with van der Waals surface area (Å²) < 4.78 is 52.8. The molecular weight excluding hydrogens is 374 g/mol. The number of benzene rings is 1. The molecule has 0 radical (unpaired) electrons. The number of halogens is 4. The molecule has 146 valence electrons. The van der Waals surface area contributed by atoms with E-state index in [4.69, 9.17) is 0 Å². The fourth-order valence-electron chi connectivity index (χ4n) is 3.34. The van der Waals surface area contributed by atoms with Gasteiger partial charge in [0.2, 0.25) is 0 Å². The molecule has 3 aromatic rings. The zero-order chi connectivity index (χ0) is 19.7. The Labute approximate surface area is 158 Å². The van der Waals surface area contributed by atoms with Gasteiger partial charge in [0.25, 0.3) is 0 Å². The maximum Gasteiger partial charge on any atom is 0.435 e. The molecule has 3 heterocycles. The third-order valence-corrected chi connectivity index (χ3v) is 4.78. The summed E-state index contributed by atoms with van der Waals surface area (Å²) >= 11 is 0. The van der Waals surface area contributed by atoms with Crippen molar-refractivity contribution >= 4 is 5.82 Å². The SMILES string of the molecule is Fc1ccc(-c2ccc(N3CCCC(n4ccc(C(F)(F)F)n4)C3)nn2)cc1. The maximum atomic E-state index is 13.0. The second-order valence-electron chi connectivity index (χ2n) is 6.70. The molecule has 1 fully saturated rings. The van der Waals surface area contributed by atoms with Crippen molar-refractivity contribution in [3.63, 3.8) is 0 Å². The maximum absolute atomic E-state index is 13.0. The van der Waals surface area contributed by atoms with Crippen LogP contribution in [0.3, 0.4) is 0 Å². The highest BCUT2D eigenvalue weighted by Gasteiger charge is 2.34. The third kappa shape index (κ3) is 3.83. The first kappa shape index (κ1) is 18.4. The first-order chi connectivity index (χ1) is 13.4. The summed E-state index contributed by atoms with van der Waals surface area (Å²) in [5.41, 5.74) is 0.500. The zero-order valence-electron chi connectivity index (χ0n) is 14.8. The van der Waals surface area contributed by atoms with E-state index in [0.29, 0.717) is 18.1 Å². The summed E-state index contributed by atoms with van der Waals surface area (Å²) in [5, 5.41) is 12.1. The van der Waals surface area contributed by atoms with Crippen LogP contribution in [-0.2, 0) is 6.18 Å². The minimum absolute atomic E-state index is 0.163. The molecular formula is C19H17F4N5. The van der Waals surface area contributed by atoms with Crippen molar-refractivity contribution in [1.29, 1.82) is 0 Å². The molecule has 0 spiro atoms. The van der Waals surface area contributed by atoms with Gasteiger partial charge in [0.1, 0.15) is 5.82 Å². The van der Waals surface area contributed by atoms with Gasteiger partial charge < -0.3 is 4.90 Å². The quantitative estimate of drug-likeness (QED) is 0.623. The van der Waals surface area contributed by atoms with Gasteiger partial charge in [-0.15, -0.1) is 10.2 Å². The van der Waals surface area contributed by atoms with Crippen LogP contribution in [-0.4, -0.2) is 33.1 Å². The number of hydrogen-bond donors (Lipinski definition) is 0. The van der Waals surface area contributed by atoms with Crippen LogP contribution in [0, 0.1) is 5.82 Å². The van der Waals surface area contributed by atoms with Crippen molar-refractivity contribution in [2.24, 2.45) is 0 Å². The van der Waals surface area contributed by atoms with Crippen LogP contribution >= 0.6 is 0 Å². The second kappa shape index (κ2) is 7.21. The highest BCUT2D eigenvalue weighted by molar-refractivity contribution is 5.59. The highest BCUT2D eigenvalue weighted by atomic mass is 19.4. The normalized spacial score (nSPS) is 17.7. The Kier molecular flexibility index (Phi) is 4.74. The van der Waals surface area contributed by atoms with E-state index in [9.17, 15) is 17.6 Å². The van der Waals surface area contributed by atoms with Crippen molar-refractivity contribution < 1.29 is 17.6 Å². The fraction of sp³-hybridized carbons (Fsp3) is 0.316. The lowest BCUT2D eigenvalue weighted by Gasteiger charge is -2.33. The van der Waals surface area contributed by atoms with Gasteiger partial charge in [-0.1, -0.05) is 0 Å². The van der Waals surface area contributed by atoms with Crippen molar-refractivity contribution in [3.05, 3.63) is 60.2 Å². The van der Waals surface area contributed by atoms with E-state index in [1.165, 1.54) is 23.0 Å². The van der Waals surface area contributed by atoms with E-state index in [2.05, 4.69) is 15.3 Å². The summed E-state index contributed by atoms with van der Waals surface area (Å²) in [6, 6.07) is 10.4. The van der Waals surface area contributed by atoms with Crippen molar-refractivity contribution in [1.82, 2.24) is 20.0 Å². The van der Waals surface area contributed by atoms with Crippen LogP contribution in [0.1, 0.15) is 24.6 Å². The number of anilines is 1. The Balaban J connectivity index is 1.48. The van der Waals surface area contributed by atoms with E-state index in [-0.39, 0.29) is 11.9 Å². The van der Waals surface area contributed by atoms with Gasteiger partial charge in [0.15, 0.2) is 11.5 Å². The Morgan fingerprint density at radius 2 is 1.75 bits per heavy atom. The summed E-state index contributed by atoms with van der Waals surface area (Å²) in [5.74, 6) is 0.332. The number of hydrogen-bond acceptors (Lipinski definition) is 4. The molecule has 0 amide bonds. The number of alkyl halides is 3. The number of rotatable bonds is 3. The lowest BCUT2D eigenvalue weighted by atomic mass is 10.1. The molecule has 2 aromatic heterocycles. The highest BCUT2D eigenvalue weighted by Crippen LogP contribution is 2.30. The van der Waals surface area contributed by atoms with Crippen LogP contribution in [0.5, 0.6) is 0 Å². The molecule has 1 atom stereocenters. The van der Waals surface area contributed by atoms with E-state index in [1.54, 1.807) is 18.2 Å². The molecule has 1 aliphatic heterocycles. The van der Waals surface area contributed by atoms with E-state index >= 15 is 0 Å². The minimum Gasteiger partial charge on any atom is -0.353 e. The summed E-state index contributed by atoms with van der Waals surface area (Å²) in [6.45, 7) is 1.25. The second-order valence-corrected chi connectivity index (χ2v) is 6.70. The fourth-order valence-corrected chi connectivity index (χ4v) is 3.34. The molecule has 1 saturated heterocycles. The van der Waals surface area contributed by atoms with Crippen LogP contribution in [0.15, 0.2) is 48.7 Å². The van der Waals surface area contributed by atoms with Crippen LogP contribution < -0.4 is 4.90 Å². The average molecular weight is 391 g/mol. The van der Waals surface area contributed by atoms with E-state index < -0.39 is 11.9 Å². The van der Waals surface area contributed by atoms with Crippen LogP contribution in [0.25, 0.3) is 11.3 Å². The smallest absolute Gasteiger partial charge is 0.353 e. The molecule has 9 heteroatoms. The molecule has 1 aromatic carbocycles. The molecule has 4 rings (SSSR count).